The summed E-state index contributed by atoms with van der Waals surface area (Å²) in [7, 11) is -1.60. The van der Waals surface area contributed by atoms with Gasteiger partial charge in [-0.05, 0) is 24.1 Å². The summed E-state index contributed by atoms with van der Waals surface area (Å²) in [5.74, 6) is 0. The maximum atomic E-state index is 12.0. The molecule has 2 aromatic heterocycles. The van der Waals surface area contributed by atoms with Gasteiger partial charge in [0.25, 0.3) is 0 Å². The van der Waals surface area contributed by atoms with Gasteiger partial charge in [0.15, 0.2) is 0 Å². The van der Waals surface area contributed by atoms with Crippen molar-refractivity contribution in [3.05, 3.63) is 33.6 Å². The van der Waals surface area contributed by atoms with Crippen LogP contribution < -0.4 is 10.0 Å². The highest BCUT2D eigenvalue weighted by Gasteiger charge is 2.16. The van der Waals surface area contributed by atoms with Crippen LogP contribution in [-0.4, -0.2) is 20.4 Å². The summed E-state index contributed by atoms with van der Waals surface area (Å²) in [6.45, 7) is 0.901. The Labute approximate surface area is 114 Å². The molecule has 0 radical (unpaired) electrons. The summed E-state index contributed by atoms with van der Waals surface area (Å²) in [4.78, 5) is 4.03. The van der Waals surface area contributed by atoms with Gasteiger partial charge in [-0.3, -0.25) is 0 Å². The van der Waals surface area contributed by atoms with Crippen molar-refractivity contribution in [2.45, 2.75) is 17.3 Å². The number of sulfonamides is 1. The van der Waals surface area contributed by atoms with Crippen molar-refractivity contribution in [1.29, 1.82) is 0 Å². The van der Waals surface area contributed by atoms with E-state index in [4.69, 9.17) is 0 Å². The maximum Gasteiger partial charge on any atom is 0.250 e. The zero-order valence-corrected chi connectivity index (χ0v) is 12.2. The molecular weight excluding hydrogens is 290 g/mol. The third-order valence-electron chi connectivity index (χ3n) is 2.17. The summed E-state index contributed by atoms with van der Waals surface area (Å²) >= 11 is 2.65. The van der Waals surface area contributed by atoms with Crippen LogP contribution in [0.1, 0.15) is 10.6 Å². The molecule has 8 heteroatoms. The third-order valence-corrected chi connectivity index (χ3v) is 5.84. The first-order valence-electron chi connectivity index (χ1n) is 5.22. The number of thiazole rings is 1. The molecule has 0 atom stereocenters. The molecule has 0 amide bonds. The lowest BCUT2D eigenvalue weighted by Crippen LogP contribution is -2.22. The minimum Gasteiger partial charge on any atom is -0.316 e. The molecule has 0 spiro atoms. The van der Waals surface area contributed by atoms with Crippen molar-refractivity contribution in [2.75, 3.05) is 7.05 Å². The molecule has 2 rings (SSSR count). The van der Waals surface area contributed by atoms with Gasteiger partial charge in [0.1, 0.15) is 9.22 Å². The highest BCUT2D eigenvalue weighted by atomic mass is 32.2. The highest BCUT2D eigenvalue weighted by molar-refractivity contribution is 7.91. The number of thiophene rings is 1. The Hall–Kier alpha value is -0.800. The number of hydrogen-bond donors (Lipinski definition) is 2. The normalized spacial score (nSPS) is 11.8. The fraction of sp³-hybridized carbons (Fsp3) is 0.300. The standard InChI is InChI=1S/C10H13N3O2S3/c1-11-5-8-4-10(17-7-8)18(14,15)13-6-9-12-2-3-16-9/h2-4,7,11,13H,5-6H2,1H3. The van der Waals surface area contributed by atoms with Crippen LogP contribution in [0, 0.1) is 0 Å². The van der Waals surface area contributed by atoms with Crippen molar-refractivity contribution in [2.24, 2.45) is 0 Å². The van der Waals surface area contributed by atoms with Gasteiger partial charge in [0.2, 0.25) is 10.0 Å². The smallest absolute Gasteiger partial charge is 0.250 e. The largest absolute Gasteiger partial charge is 0.316 e. The molecule has 2 heterocycles. The zero-order valence-electron chi connectivity index (χ0n) is 9.71. The molecule has 0 aromatic carbocycles. The molecule has 2 aromatic rings. The SMILES string of the molecule is CNCc1csc(S(=O)(=O)NCc2nccs2)c1. The maximum absolute atomic E-state index is 12.0. The highest BCUT2D eigenvalue weighted by Crippen LogP contribution is 2.20. The second kappa shape index (κ2) is 5.89. The van der Waals surface area contributed by atoms with Crippen LogP contribution >= 0.6 is 22.7 Å². The van der Waals surface area contributed by atoms with E-state index in [1.54, 1.807) is 12.3 Å². The van der Waals surface area contributed by atoms with Gasteiger partial charge in [0.05, 0.1) is 6.54 Å². The fourth-order valence-corrected chi connectivity index (χ4v) is 4.25. The lowest BCUT2D eigenvalue weighted by Gasteiger charge is -2.01. The van der Waals surface area contributed by atoms with E-state index in [1.165, 1.54) is 22.7 Å². The van der Waals surface area contributed by atoms with Gasteiger partial charge >= 0.3 is 0 Å². The minimum atomic E-state index is -3.43. The van der Waals surface area contributed by atoms with Gasteiger partial charge in [-0.15, -0.1) is 22.7 Å². The summed E-state index contributed by atoms with van der Waals surface area (Å²) in [6, 6.07) is 1.69. The molecule has 0 saturated carbocycles. The molecule has 0 aliphatic heterocycles. The Balaban J connectivity index is 2.05. The third kappa shape index (κ3) is 3.36. The minimum absolute atomic E-state index is 0.235. The second-order valence-corrected chi connectivity index (χ2v) is 7.44. The van der Waals surface area contributed by atoms with Crippen LogP contribution in [-0.2, 0) is 23.1 Å². The molecule has 0 bridgehead atoms. The predicted molar refractivity (Wildman–Crippen MR) is 73.2 cm³/mol. The van der Waals surface area contributed by atoms with Crippen LogP contribution in [0.3, 0.4) is 0 Å². The monoisotopic (exact) mass is 303 g/mol. The molecule has 98 valence electrons. The molecule has 0 aliphatic carbocycles. The average molecular weight is 303 g/mol. The molecular formula is C10H13N3O2S3. The van der Waals surface area contributed by atoms with Gasteiger partial charge < -0.3 is 5.32 Å². The van der Waals surface area contributed by atoms with E-state index in [0.717, 1.165) is 10.6 Å². The van der Waals surface area contributed by atoms with E-state index in [2.05, 4.69) is 15.0 Å². The van der Waals surface area contributed by atoms with Crippen LogP contribution in [0.25, 0.3) is 0 Å². The number of rotatable bonds is 6. The van der Waals surface area contributed by atoms with Crippen molar-refractivity contribution in [3.63, 3.8) is 0 Å². The van der Waals surface area contributed by atoms with Gasteiger partial charge in [-0.2, -0.15) is 0 Å². The van der Waals surface area contributed by atoms with E-state index >= 15 is 0 Å². The molecule has 0 saturated heterocycles. The average Bonchev–Trinajstić information content (AvgIpc) is 2.98. The molecule has 0 unspecified atom stereocenters. The Morgan fingerprint density at radius 1 is 1.33 bits per heavy atom. The van der Waals surface area contributed by atoms with Crippen molar-refractivity contribution >= 4 is 32.7 Å². The molecule has 0 fully saturated rings. The number of nitrogens with one attached hydrogen (secondary N) is 2. The predicted octanol–water partition coefficient (Wildman–Crippen LogP) is 1.40. The molecule has 18 heavy (non-hydrogen) atoms. The zero-order chi connectivity index (χ0) is 13.0. The summed E-state index contributed by atoms with van der Waals surface area (Å²) in [6.07, 6.45) is 1.66. The van der Waals surface area contributed by atoms with Gasteiger partial charge in [0, 0.05) is 18.1 Å². The quantitative estimate of drug-likeness (QED) is 0.846. The topological polar surface area (TPSA) is 71.1 Å². The fourth-order valence-electron chi connectivity index (χ4n) is 1.36. The second-order valence-electron chi connectivity index (χ2n) is 3.55. The molecule has 0 aliphatic rings. The van der Waals surface area contributed by atoms with E-state index in [9.17, 15) is 8.42 Å². The van der Waals surface area contributed by atoms with Crippen LogP contribution in [0.4, 0.5) is 0 Å². The van der Waals surface area contributed by atoms with E-state index in [0.29, 0.717) is 10.8 Å². The summed E-state index contributed by atoms with van der Waals surface area (Å²) < 4.78 is 26.9. The molecule has 5 nitrogen and oxygen atoms in total. The van der Waals surface area contributed by atoms with Crippen LogP contribution in [0.2, 0.25) is 0 Å². The number of hydrogen-bond acceptors (Lipinski definition) is 6. The number of aromatic nitrogens is 1. The van der Waals surface area contributed by atoms with Crippen LogP contribution in [0.15, 0.2) is 27.2 Å². The lowest BCUT2D eigenvalue weighted by atomic mass is 10.3. The Morgan fingerprint density at radius 2 is 2.17 bits per heavy atom. The first-order valence-corrected chi connectivity index (χ1v) is 8.46. The molecule has 2 N–H and O–H groups in total. The van der Waals surface area contributed by atoms with E-state index < -0.39 is 10.0 Å². The Bertz CT molecular complexity index is 590. The summed E-state index contributed by atoms with van der Waals surface area (Å²) in [5, 5.41) is 7.40. The first kappa shape index (κ1) is 13.6. The summed E-state index contributed by atoms with van der Waals surface area (Å²) in [5.41, 5.74) is 0.970. The van der Waals surface area contributed by atoms with Gasteiger partial charge in [-0.1, -0.05) is 0 Å². The lowest BCUT2D eigenvalue weighted by molar-refractivity contribution is 0.583. The number of nitrogens with zero attached hydrogens (tertiary/aromatic N) is 1. The Morgan fingerprint density at radius 3 is 2.83 bits per heavy atom. The van der Waals surface area contributed by atoms with Crippen LogP contribution in [0.5, 0.6) is 0 Å². The van der Waals surface area contributed by atoms with E-state index in [1.807, 2.05) is 17.8 Å². The van der Waals surface area contributed by atoms with E-state index in [-0.39, 0.29) is 6.54 Å². The van der Waals surface area contributed by atoms with Crippen molar-refractivity contribution in [3.8, 4) is 0 Å². The van der Waals surface area contributed by atoms with Gasteiger partial charge in [-0.25, -0.2) is 18.1 Å². The Kier molecular flexibility index (Phi) is 4.46. The van der Waals surface area contributed by atoms with Crippen molar-refractivity contribution in [1.82, 2.24) is 15.0 Å². The first-order chi connectivity index (χ1) is 8.62. The van der Waals surface area contributed by atoms with Crippen molar-refractivity contribution < 1.29 is 8.42 Å².